The number of hydrogen-bond acceptors (Lipinski definition) is 3. The van der Waals surface area contributed by atoms with Gasteiger partial charge >= 0.3 is 0 Å². The molecule has 0 unspecified atom stereocenters. The van der Waals surface area contributed by atoms with Crippen LogP contribution in [0.15, 0.2) is 36.7 Å². The van der Waals surface area contributed by atoms with Crippen molar-refractivity contribution in [3.63, 3.8) is 0 Å². The number of benzene rings is 1. The van der Waals surface area contributed by atoms with Crippen molar-refractivity contribution in [3.8, 4) is 0 Å². The van der Waals surface area contributed by atoms with Crippen LogP contribution in [0.4, 0.5) is 5.82 Å². The van der Waals surface area contributed by atoms with Gasteiger partial charge in [-0.15, -0.1) is 11.6 Å². The minimum Gasteiger partial charge on any atom is -0.364 e. The van der Waals surface area contributed by atoms with Crippen LogP contribution < -0.4 is 5.32 Å². The number of aryl methyl sites for hydroxylation is 1. The minimum absolute atomic E-state index is 0.540. The number of alkyl halides is 1. The summed E-state index contributed by atoms with van der Waals surface area (Å²) in [5.41, 5.74) is 3.22. The van der Waals surface area contributed by atoms with Crippen LogP contribution in [0.25, 0.3) is 0 Å². The van der Waals surface area contributed by atoms with E-state index in [0.717, 1.165) is 23.6 Å². The Bertz CT molecular complexity index is 500. The van der Waals surface area contributed by atoms with E-state index >= 15 is 0 Å². The molecule has 2 aromatic rings. The van der Waals surface area contributed by atoms with Gasteiger partial charge in [-0.05, 0) is 18.1 Å². The van der Waals surface area contributed by atoms with Gasteiger partial charge in [0.05, 0.1) is 5.69 Å². The van der Waals surface area contributed by atoms with Crippen LogP contribution in [0.1, 0.15) is 16.8 Å². The van der Waals surface area contributed by atoms with Gasteiger partial charge in [0.1, 0.15) is 5.82 Å². The lowest BCUT2D eigenvalue weighted by molar-refractivity contribution is 1.05. The van der Waals surface area contributed by atoms with E-state index in [-0.39, 0.29) is 0 Å². The van der Waals surface area contributed by atoms with Crippen LogP contribution in [0.3, 0.4) is 0 Å². The summed E-state index contributed by atoms with van der Waals surface area (Å²) in [5.74, 6) is 1.36. The maximum atomic E-state index is 5.80. The quantitative estimate of drug-likeness (QED) is 0.844. The molecule has 0 bridgehead atoms. The molecule has 1 aromatic carbocycles. The second-order valence-electron chi connectivity index (χ2n) is 3.80. The normalized spacial score (nSPS) is 10.2. The molecule has 17 heavy (non-hydrogen) atoms. The Balaban J connectivity index is 2.05. The SMILES string of the molecule is Cc1nccnc1NCc1cccc(CCl)c1. The summed E-state index contributed by atoms with van der Waals surface area (Å²) in [6, 6.07) is 8.18. The van der Waals surface area contributed by atoms with E-state index < -0.39 is 0 Å². The van der Waals surface area contributed by atoms with Gasteiger partial charge in [0.25, 0.3) is 0 Å². The van der Waals surface area contributed by atoms with Gasteiger partial charge in [-0.2, -0.15) is 0 Å². The monoisotopic (exact) mass is 247 g/mol. The van der Waals surface area contributed by atoms with Crippen molar-refractivity contribution in [2.45, 2.75) is 19.3 Å². The highest BCUT2D eigenvalue weighted by atomic mass is 35.5. The highest BCUT2D eigenvalue weighted by molar-refractivity contribution is 6.17. The lowest BCUT2D eigenvalue weighted by atomic mass is 10.1. The molecule has 0 amide bonds. The van der Waals surface area contributed by atoms with E-state index in [1.807, 2.05) is 19.1 Å². The van der Waals surface area contributed by atoms with Crippen molar-refractivity contribution in [1.29, 1.82) is 0 Å². The first-order chi connectivity index (χ1) is 8.29. The zero-order chi connectivity index (χ0) is 12.1. The molecule has 1 N–H and O–H groups in total. The van der Waals surface area contributed by atoms with E-state index in [1.54, 1.807) is 12.4 Å². The van der Waals surface area contributed by atoms with Gasteiger partial charge in [-0.3, -0.25) is 4.98 Å². The van der Waals surface area contributed by atoms with E-state index in [9.17, 15) is 0 Å². The molecule has 0 saturated carbocycles. The van der Waals surface area contributed by atoms with Crippen LogP contribution in [0, 0.1) is 6.92 Å². The molecule has 0 aliphatic carbocycles. The fraction of sp³-hybridized carbons (Fsp3) is 0.231. The molecule has 0 radical (unpaired) electrons. The first-order valence-corrected chi connectivity index (χ1v) is 5.98. The summed E-state index contributed by atoms with van der Waals surface area (Å²) in [6.07, 6.45) is 3.37. The Hall–Kier alpha value is -1.61. The highest BCUT2D eigenvalue weighted by Gasteiger charge is 2.00. The van der Waals surface area contributed by atoms with Crippen LogP contribution in [0.2, 0.25) is 0 Å². The van der Waals surface area contributed by atoms with Gasteiger partial charge in [0, 0.05) is 24.8 Å². The number of halogens is 1. The summed E-state index contributed by atoms with van der Waals surface area (Å²) in [4.78, 5) is 8.42. The van der Waals surface area contributed by atoms with Crippen molar-refractivity contribution in [2.75, 3.05) is 5.32 Å². The fourth-order valence-electron chi connectivity index (χ4n) is 1.59. The predicted molar refractivity (Wildman–Crippen MR) is 70.1 cm³/mol. The van der Waals surface area contributed by atoms with Crippen LogP contribution in [-0.2, 0) is 12.4 Å². The predicted octanol–water partition coefficient (Wildman–Crippen LogP) is 3.14. The molecule has 1 heterocycles. The van der Waals surface area contributed by atoms with E-state index in [1.165, 1.54) is 5.56 Å². The summed E-state index contributed by atoms with van der Waals surface area (Å²) < 4.78 is 0. The third kappa shape index (κ3) is 3.17. The van der Waals surface area contributed by atoms with Crippen molar-refractivity contribution in [1.82, 2.24) is 9.97 Å². The van der Waals surface area contributed by atoms with Crippen molar-refractivity contribution in [2.24, 2.45) is 0 Å². The standard InChI is InChI=1S/C13H14ClN3/c1-10-13(16-6-5-15-10)17-9-12-4-2-3-11(7-12)8-14/h2-7H,8-9H2,1H3,(H,16,17). The number of nitrogens with one attached hydrogen (secondary N) is 1. The lowest BCUT2D eigenvalue weighted by Gasteiger charge is -2.08. The smallest absolute Gasteiger partial charge is 0.147 e. The molecule has 4 heteroatoms. The van der Waals surface area contributed by atoms with Gasteiger partial charge in [0.2, 0.25) is 0 Å². The molecule has 0 aliphatic heterocycles. The maximum Gasteiger partial charge on any atom is 0.147 e. The molecule has 88 valence electrons. The zero-order valence-electron chi connectivity index (χ0n) is 9.65. The zero-order valence-corrected chi connectivity index (χ0v) is 10.4. The van der Waals surface area contributed by atoms with Crippen LogP contribution in [-0.4, -0.2) is 9.97 Å². The number of rotatable bonds is 4. The summed E-state index contributed by atoms with van der Waals surface area (Å²) in [6.45, 7) is 2.66. The van der Waals surface area contributed by atoms with E-state index in [4.69, 9.17) is 11.6 Å². The highest BCUT2D eigenvalue weighted by Crippen LogP contribution is 2.11. The van der Waals surface area contributed by atoms with E-state index in [0.29, 0.717) is 5.88 Å². The van der Waals surface area contributed by atoms with Gasteiger partial charge in [-0.25, -0.2) is 4.98 Å². The molecule has 0 spiro atoms. The topological polar surface area (TPSA) is 37.8 Å². The molecule has 2 rings (SSSR count). The third-order valence-corrected chi connectivity index (χ3v) is 2.80. The van der Waals surface area contributed by atoms with Crippen molar-refractivity contribution < 1.29 is 0 Å². The van der Waals surface area contributed by atoms with Crippen LogP contribution >= 0.6 is 11.6 Å². The summed E-state index contributed by atoms with van der Waals surface area (Å²) >= 11 is 5.80. The second kappa shape index (κ2) is 5.64. The Morgan fingerprint density at radius 2 is 1.94 bits per heavy atom. The molecule has 0 aliphatic rings. The number of nitrogens with zero attached hydrogens (tertiary/aromatic N) is 2. The number of hydrogen-bond donors (Lipinski definition) is 1. The third-order valence-electron chi connectivity index (χ3n) is 2.49. The molecule has 0 saturated heterocycles. The molecule has 0 fully saturated rings. The van der Waals surface area contributed by atoms with Gasteiger partial charge < -0.3 is 5.32 Å². The average molecular weight is 248 g/mol. The Labute approximate surface area is 106 Å². The average Bonchev–Trinajstić information content (AvgIpc) is 2.38. The minimum atomic E-state index is 0.540. The summed E-state index contributed by atoms with van der Waals surface area (Å²) in [5, 5.41) is 3.26. The first kappa shape index (κ1) is 11.9. The molecule has 1 aromatic heterocycles. The first-order valence-electron chi connectivity index (χ1n) is 5.45. The fourth-order valence-corrected chi connectivity index (χ4v) is 1.76. The summed E-state index contributed by atoms with van der Waals surface area (Å²) in [7, 11) is 0. The molecular weight excluding hydrogens is 234 g/mol. The Kier molecular flexibility index (Phi) is 3.94. The van der Waals surface area contributed by atoms with Gasteiger partial charge in [0.15, 0.2) is 0 Å². The maximum absolute atomic E-state index is 5.80. The molecule has 0 atom stereocenters. The van der Waals surface area contributed by atoms with Crippen molar-refractivity contribution in [3.05, 3.63) is 53.5 Å². The molecular formula is C13H14ClN3. The molecule has 3 nitrogen and oxygen atoms in total. The largest absolute Gasteiger partial charge is 0.364 e. The lowest BCUT2D eigenvalue weighted by Crippen LogP contribution is -2.04. The number of aromatic nitrogens is 2. The second-order valence-corrected chi connectivity index (χ2v) is 4.06. The Morgan fingerprint density at radius 3 is 2.71 bits per heavy atom. The van der Waals surface area contributed by atoms with Gasteiger partial charge in [-0.1, -0.05) is 24.3 Å². The van der Waals surface area contributed by atoms with E-state index in [2.05, 4.69) is 27.4 Å². The van der Waals surface area contributed by atoms with Crippen molar-refractivity contribution >= 4 is 17.4 Å². The number of anilines is 1. The Morgan fingerprint density at radius 1 is 1.18 bits per heavy atom. The van der Waals surface area contributed by atoms with Crippen LogP contribution in [0.5, 0.6) is 0 Å².